The van der Waals surface area contributed by atoms with E-state index in [1.54, 1.807) is 4.90 Å². The van der Waals surface area contributed by atoms with Crippen LogP contribution in [0.1, 0.15) is 0 Å². The number of hydrogen-bond donors (Lipinski definition) is 0. The third-order valence-corrected chi connectivity index (χ3v) is 3.99. The minimum absolute atomic E-state index is 0.319. The maximum atomic E-state index is 12.1. The van der Waals surface area contributed by atoms with Crippen molar-refractivity contribution in [2.75, 3.05) is 26.3 Å². The summed E-state index contributed by atoms with van der Waals surface area (Å²) in [5.41, 5.74) is 0. The first-order chi connectivity index (χ1) is 9.75. The number of nitrogens with zero attached hydrogens (tertiary/aromatic N) is 1. The molecule has 0 atom stereocenters. The molecule has 2 aromatic carbocycles. The number of carbonyl (C=O) groups is 1. The highest BCUT2D eigenvalue weighted by atomic mass is 79.9. The van der Waals surface area contributed by atoms with Gasteiger partial charge in [-0.05, 0) is 17.5 Å². The van der Waals surface area contributed by atoms with Crippen LogP contribution in [0, 0.1) is 0 Å². The van der Waals surface area contributed by atoms with Crippen molar-refractivity contribution < 1.29 is 14.3 Å². The molecule has 0 saturated carbocycles. The number of ether oxygens (including phenoxy) is 2. The molecule has 20 heavy (non-hydrogen) atoms. The van der Waals surface area contributed by atoms with Crippen LogP contribution in [-0.4, -0.2) is 37.3 Å². The summed E-state index contributed by atoms with van der Waals surface area (Å²) >= 11 is 3.51. The molecule has 4 nitrogen and oxygen atoms in total. The second-order valence-electron chi connectivity index (χ2n) is 4.56. The highest BCUT2D eigenvalue weighted by molar-refractivity contribution is 9.10. The normalized spacial score (nSPS) is 15.3. The Labute approximate surface area is 125 Å². The van der Waals surface area contributed by atoms with Crippen LogP contribution in [0.15, 0.2) is 40.9 Å². The van der Waals surface area contributed by atoms with Crippen LogP contribution in [0.3, 0.4) is 0 Å². The highest BCUT2D eigenvalue weighted by Gasteiger charge is 2.19. The molecule has 1 amide bonds. The Morgan fingerprint density at radius 1 is 1.10 bits per heavy atom. The maximum Gasteiger partial charge on any atom is 0.415 e. The van der Waals surface area contributed by atoms with E-state index in [4.69, 9.17) is 9.47 Å². The molecule has 1 aliphatic rings. The van der Waals surface area contributed by atoms with Gasteiger partial charge in [0.25, 0.3) is 0 Å². The number of morpholine rings is 1. The summed E-state index contributed by atoms with van der Waals surface area (Å²) in [6, 6.07) is 11.5. The summed E-state index contributed by atoms with van der Waals surface area (Å²) in [6.07, 6.45) is -0.319. The van der Waals surface area contributed by atoms with Gasteiger partial charge < -0.3 is 14.4 Å². The molecular formula is C15H14BrNO3. The highest BCUT2D eigenvalue weighted by Crippen LogP contribution is 2.31. The third-order valence-electron chi connectivity index (χ3n) is 3.30. The van der Waals surface area contributed by atoms with Gasteiger partial charge in [-0.15, -0.1) is 0 Å². The fourth-order valence-corrected chi connectivity index (χ4v) is 2.71. The summed E-state index contributed by atoms with van der Waals surface area (Å²) in [7, 11) is 0. The minimum atomic E-state index is -0.319. The van der Waals surface area contributed by atoms with E-state index in [1.165, 1.54) is 0 Å². The third kappa shape index (κ3) is 2.64. The van der Waals surface area contributed by atoms with Crippen molar-refractivity contribution >= 4 is 32.8 Å². The van der Waals surface area contributed by atoms with Crippen molar-refractivity contribution in [1.82, 2.24) is 4.90 Å². The average Bonchev–Trinajstić information content (AvgIpc) is 2.51. The van der Waals surface area contributed by atoms with Crippen molar-refractivity contribution in [2.45, 2.75) is 0 Å². The van der Waals surface area contributed by atoms with E-state index in [1.807, 2.05) is 36.4 Å². The molecule has 104 valence electrons. The molecule has 0 aromatic heterocycles. The van der Waals surface area contributed by atoms with E-state index in [9.17, 15) is 4.79 Å². The number of halogens is 1. The predicted octanol–water partition coefficient (Wildman–Crippen LogP) is 3.43. The maximum absolute atomic E-state index is 12.1. The van der Waals surface area contributed by atoms with Gasteiger partial charge in [0, 0.05) is 22.9 Å². The van der Waals surface area contributed by atoms with Gasteiger partial charge in [-0.1, -0.05) is 40.2 Å². The lowest BCUT2D eigenvalue weighted by molar-refractivity contribution is 0.0417. The van der Waals surface area contributed by atoms with Gasteiger partial charge in [-0.3, -0.25) is 0 Å². The smallest absolute Gasteiger partial charge is 0.410 e. The zero-order chi connectivity index (χ0) is 13.9. The van der Waals surface area contributed by atoms with Crippen molar-refractivity contribution in [2.24, 2.45) is 0 Å². The van der Waals surface area contributed by atoms with Crippen LogP contribution in [0.5, 0.6) is 5.75 Å². The lowest BCUT2D eigenvalue weighted by Gasteiger charge is -2.26. The number of rotatable bonds is 1. The van der Waals surface area contributed by atoms with Gasteiger partial charge >= 0.3 is 6.09 Å². The largest absolute Gasteiger partial charge is 0.415 e. The number of amides is 1. The van der Waals surface area contributed by atoms with E-state index >= 15 is 0 Å². The number of fused-ring (bicyclic) bond motifs is 1. The van der Waals surface area contributed by atoms with Crippen LogP contribution in [0.4, 0.5) is 4.79 Å². The van der Waals surface area contributed by atoms with Crippen LogP contribution in [0.25, 0.3) is 10.8 Å². The standard InChI is InChI=1S/C15H14BrNO3/c16-13-5-6-14(12-4-2-1-3-11(12)13)20-15(18)17-7-9-19-10-8-17/h1-6H,7-10H2. The molecule has 0 bridgehead atoms. The Kier molecular flexibility index (Phi) is 3.89. The molecule has 5 heteroatoms. The van der Waals surface area contributed by atoms with Gasteiger partial charge in [0.2, 0.25) is 0 Å². The lowest BCUT2D eigenvalue weighted by Crippen LogP contribution is -2.42. The molecule has 0 spiro atoms. The fraction of sp³-hybridized carbons (Fsp3) is 0.267. The Balaban J connectivity index is 1.87. The van der Waals surface area contributed by atoms with E-state index in [-0.39, 0.29) is 6.09 Å². The van der Waals surface area contributed by atoms with Crippen molar-refractivity contribution in [1.29, 1.82) is 0 Å². The minimum Gasteiger partial charge on any atom is -0.410 e. The monoisotopic (exact) mass is 335 g/mol. The van der Waals surface area contributed by atoms with E-state index in [2.05, 4.69) is 15.9 Å². The quantitative estimate of drug-likeness (QED) is 0.801. The number of carbonyl (C=O) groups excluding carboxylic acids is 1. The second-order valence-corrected chi connectivity index (χ2v) is 5.41. The first-order valence-electron chi connectivity index (χ1n) is 6.47. The molecule has 0 N–H and O–H groups in total. The lowest BCUT2D eigenvalue weighted by atomic mass is 10.1. The average molecular weight is 336 g/mol. The van der Waals surface area contributed by atoms with Crippen molar-refractivity contribution in [3.05, 3.63) is 40.9 Å². The van der Waals surface area contributed by atoms with Crippen molar-refractivity contribution in [3.63, 3.8) is 0 Å². The number of benzene rings is 2. The zero-order valence-corrected chi connectivity index (χ0v) is 12.4. The van der Waals surface area contributed by atoms with Gasteiger partial charge in [0.1, 0.15) is 5.75 Å². The first kappa shape index (κ1) is 13.4. The van der Waals surface area contributed by atoms with Crippen LogP contribution in [0.2, 0.25) is 0 Å². The van der Waals surface area contributed by atoms with Gasteiger partial charge in [0.05, 0.1) is 13.2 Å². The molecule has 3 rings (SSSR count). The zero-order valence-electron chi connectivity index (χ0n) is 10.8. The molecule has 0 radical (unpaired) electrons. The molecule has 1 fully saturated rings. The topological polar surface area (TPSA) is 38.8 Å². The molecule has 0 unspecified atom stereocenters. The summed E-state index contributed by atoms with van der Waals surface area (Å²) in [4.78, 5) is 13.8. The Bertz CT molecular complexity index is 638. The molecule has 0 aliphatic carbocycles. The van der Waals surface area contributed by atoms with E-state index in [0.717, 1.165) is 15.2 Å². The molecule has 1 saturated heterocycles. The Morgan fingerprint density at radius 2 is 1.80 bits per heavy atom. The summed E-state index contributed by atoms with van der Waals surface area (Å²) in [6.45, 7) is 2.28. The van der Waals surface area contributed by atoms with Crippen molar-refractivity contribution in [3.8, 4) is 5.75 Å². The first-order valence-corrected chi connectivity index (χ1v) is 7.27. The predicted molar refractivity (Wildman–Crippen MR) is 80.1 cm³/mol. The number of hydrogen-bond acceptors (Lipinski definition) is 3. The Hall–Kier alpha value is -1.59. The van der Waals surface area contributed by atoms with Gasteiger partial charge in [0.15, 0.2) is 0 Å². The fourth-order valence-electron chi connectivity index (χ4n) is 2.23. The SMILES string of the molecule is O=C(Oc1ccc(Br)c2ccccc12)N1CCOCC1. The van der Waals surface area contributed by atoms with Crippen LogP contribution >= 0.6 is 15.9 Å². The summed E-state index contributed by atoms with van der Waals surface area (Å²) < 4.78 is 11.7. The molecule has 1 heterocycles. The van der Waals surface area contributed by atoms with E-state index < -0.39 is 0 Å². The second kappa shape index (κ2) is 5.81. The molecule has 1 aliphatic heterocycles. The Morgan fingerprint density at radius 3 is 2.55 bits per heavy atom. The van der Waals surface area contributed by atoms with Gasteiger partial charge in [-0.2, -0.15) is 0 Å². The van der Waals surface area contributed by atoms with Crippen LogP contribution < -0.4 is 4.74 Å². The van der Waals surface area contributed by atoms with E-state index in [0.29, 0.717) is 32.1 Å². The molecular weight excluding hydrogens is 322 g/mol. The van der Waals surface area contributed by atoms with Crippen LogP contribution in [-0.2, 0) is 4.74 Å². The summed E-state index contributed by atoms with van der Waals surface area (Å²) in [5, 5.41) is 1.95. The van der Waals surface area contributed by atoms with Gasteiger partial charge in [-0.25, -0.2) is 4.79 Å². The summed E-state index contributed by atoms with van der Waals surface area (Å²) in [5.74, 6) is 0.584. The molecule has 2 aromatic rings.